The van der Waals surface area contributed by atoms with E-state index in [2.05, 4.69) is 20.8 Å². The number of cyclic esters (lactones) is 1. The van der Waals surface area contributed by atoms with Gasteiger partial charge in [0.15, 0.2) is 0 Å². The van der Waals surface area contributed by atoms with Crippen LogP contribution in [0.15, 0.2) is 29.1 Å². The number of ether oxygens (including phenoxy) is 1. The highest BCUT2D eigenvalue weighted by molar-refractivity contribution is 6.57. The minimum Gasteiger partial charge on any atom is -0.508 e. The number of benzene rings is 1. The number of rotatable bonds is 2. The molecule has 0 saturated heterocycles. The zero-order valence-electron chi connectivity index (χ0n) is 21.1. The van der Waals surface area contributed by atoms with Crippen molar-refractivity contribution in [2.45, 2.75) is 76.9 Å². The number of phenolic OH excluding ortho intramolecular Hbond substituents is 1. The van der Waals surface area contributed by atoms with Crippen LogP contribution in [0, 0.1) is 0 Å². The van der Waals surface area contributed by atoms with Gasteiger partial charge in [-0.3, -0.25) is 9.59 Å². The molecule has 0 spiro atoms. The van der Waals surface area contributed by atoms with Crippen molar-refractivity contribution < 1.29 is 19.7 Å². The number of aromatic nitrogens is 2. The van der Waals surface area contributed by atoms with Crippen LogP contribution < -0.4 is 5.56 Å². The van der Waals surface area contributed by atoms with Gasteiger partial charge in [0.2, 0.25) is 0 Å². The van der Waals surface area contributed by atoms with E-state index in [4.69, 9.17) is 9.72 Å². The molecule has 0 aliphatic carbocycles. The first-order chi connectivity index (χ1) is 16.4. The Morgan fingerprint density at radius 3 is 2.57 bits per heavy atom. The van der Waals surface area contributed by atoms with Gasteiger partial charge >= 0.3 is 5.97 Å². The van der Waals surface area contributed by atoms with Crippen molar-refractivity contribution in [2.24, 2.45) is 0 Å². The van der Waals surface area contributed by atoms with Gasteiger partial charge in [-0.2, -0.15) is 0 Å². The largest absolute Gasteiger partial charge is 0.508 e. The van der Waals surface area contributed by atoms with E-state index in [1.54, 1.807) is 22.8 Å². The van der Waals surface area contributed by atoms with Crippen LogP contribution in [-0.2, 0) is 27.1 Å². The van der Waals surface area contributed by atoms with Gasteiger partial charge in [0.1, 0.15) is 17.1 Å². The van der Waals surface area contributed by atoms with Crippen molar-refractivity contribution in [3.8, 4) is 17.1 Å². The number of hydrogen-bond acceptors (Lipinski definition) is 6. The van der Waals surface area contributed by atoms with E-state index in [0.717, 1.165) is 22.0 Å². The third-order valence-electron chi connectivity index (χ3n) is 7.39. The van der Waals surface area contributed by atoms with Crippen molar-refractivity contribution in [2.75, 3.05) is 0 Å². The summed E-state index contributed by atoms with van der Waals surface area (Å²) in [5, 5.41) is 22.7. The molecule has 0 radical (unpaired) electrons. The van der Waals surface area contributed by atoms with E-state index < -0.39 is 26.1 Å². The highest BCUT2D eigenvalue weighted by Crippen LogP contribution is 2.45. The predicted molar refractivity (Wildman–Crippen MR) is 137 cm³/mol. The maximum Gasteiger partial charge on any atom is 0.309 e. The molecule has 3 aromatic rings. The lowest BCUT2D eigenvalue weighted by molar-refractivity contribution is -0.150. The molecule has 0 amide bonds. The van der Waals surface area contributed by atoms with Gasteiger partial charge in [0, 0.05) is 10.9 Å². The average molecular weight is 493 g/mol. The van der Waals surface area contributed by atoms with Gasteiger partial charge in [0.25, 0.3) is 5.56 Å². The third-order valence-corrected chi connectivity index (χ3v) is 9.07. The van der Waals surface area contributed by atoms with Crippen molar-refractivity contribution in [3.05, 3.63) is 56.9 Å². The summed E-state index contributed by atoms with van der Waals surface area (Å²) in [6.45, 7) is 12.6. The van der Waals surface area contributed by atoms with Crippen LogP contribution in [0.3, 0.4) is 0 Å². The number of esters is 1. The zero-order chi connectivity index (χ0) is 25.4. The Hall–Kier alpha value is -2.97. The number of pyridine rings is 2. The molecule has 184 valence electrons. The van der Waals surface area contributed by atoms with Gasteiger partial charge in [-0.05, 0) is 47.2 Å². The normalized spacial score (nSPS) is 21.5. The summed E-state index contributed by atoms with van der Waals surface area (Å²) >= 11 is 0. The topological polar surface area (TPSA) is 102 Å². The lowest BCUT2D eigenvalue weighted by atomic mass is 9.81. The fourth-order valence-electron chi connectivity index (χ4n) is 5.71. The van der Waals surface area contributed by atoms with Crippen LogP contribution in [0.5, 0.6) is 5.75 Å². The molecule has 2 aromatic heterocycles. The Balaban J connectivity index is 1.87. The molecule has 7 nitrogen and oxygen atoms in total. The minimum atomic E-state index is -1.65. The third kappa shape index (κ3) is 3.53. The van der Waals surface area contributed by atoms with Crippen molar-refractivity contribution >= 4 is 25.7 Å². The number of carbonyl (C=O) groups excluding carboxylic acids is 1. The highest BCUT2D eigenvalue weighted by atomic mass is 28.3. The van der Waals surface area contributed by atoms with Crippen LogP contribution in [0.4, 0.5) is 0 Å². The van der Waals surface area contributed by atoms with Gasteiger partial charge in [0.05, 0.1) is 44.2 Å². The maximum atomic E-state index is 14.1. The molecule has 8 heteroatoms. The Bertz CT molecular complexity index is 1450. The lowest BCUT2D eigenvalue weighted by Gasteiger charge is -2.27. The Labute approximate surface area is 206 Å². The number of aromatic hydroxyl groups is 1. The summed E-state index contributed by atoms with van der Waals surface area (Å²) in [5.74, 6) is -0.302. The second-order valence-electron chi connectivity index (χ2n) is 11.2. The summed E-state index contributed by atoms with van der Waals surface area (Å²) in [6, 6.07) is 7.01. The quantitative estimate of drug-likeness (QED) is 0.323. The molecule has 1 aromatic carbocycles. The number of aliphatic hydroxyl groups is 1. The number of fused-ring (bicyclic) bond motifs is 5. The molecule has 4 heterocycles. The van der Waals surface area contributed by atoms with Gasteiger partial charge in [-0.25, -0.2) is 4.98 Å². The highest BCUT2D eigenvalue weighted by Gasteiger charge is 2.44. The molecule has 35 heavy (non-hydrogen) atoms. The van der Waals surface area contributed by atoms with E-state index >= 15 is 0 Å². The number of phenols is 1. The van der Waals surface area contributed by atoms with E-state index in [1.165, 1.54) is 0 Å². The van der Waals surface area contributed by atoms with E-state index in [9.17, 15) is 19.8 Å². The molecule has 5 rings (SSSR count). The van der Waals surface area contributed by atoms with Crippen molar-refractivity contribution in [3.63, 3.8) is 0 Å². The monoisotopic (exact) mass is 492 g/mol. The summed E-state index contributed by atoms with van der Waals surface area (Å²) in [7, 11) is -1.65. The standard InChI is InChI=1S/C27H32N2O5Si/c1-7-27(33)12-20(31)34-25(35(5)6)21-17(27)11-19-23-16(13-29(19)24(21)32)22(26(2,3)4)15-10-14(30)8-9-18(15)28-23/h8-11,25,30,33,35H,7,12-13H2,1-6H3. The van der Waals surface area contributed by atoms with E-state index in [1.807, 2.05) is 26.1 Å². The summed E-state index contributed by atoms with van der Waals surface area (Å²) < 4.78 is 7.49. The zero-order valence-corrected chi connectivity index (χ0v) is 22.3. The Morgan fingerprint density at radius 2 is 1.94 bits per heavy atom. The van der Waals surface area contributed by atoms with Gasteiger partial charge in [-0.1, -0.05) is 40.8 Å². The summed E-state index contributed by atoms with van der Waals surface area (Å²) in [6.07, 6.45) is 0.108. The molecule has 2 atom stereocenters. The first kappa shape index (κ1) is 23.8. The molecule has 0 bridgehead atoms. The fourth-order valence-corrected chi connectivity index (χ4v) is 7.12. The second kappa shape index (κ2) is 7.76. The number of hydrogen-bond donors (Lipinski definition) is 2. The smallest absolute Gasteiger partial charge is 0.309 e. The SMILES string of the molecule is CCC1(O)CC(=O)OC([SiH](C)C)c2c1cc1n(c2=O)Cc2c-1nc1ccc(O)cc1c2C(C)(C)C. The second-order valence-corrected chi connectivity index (χ2v) is 14.3. The molecule has 0 fully saturated rings. The fraction of sp³-hybridized carbons (Fsp3) is 0.444. The summed E-state index contributed by atoms with van der Waals surface area (Å²) in [4.78, 5) is 31.6. The van der Waals surface area contributed by atoms with Gasteiger partial charge < -0.3 is 19.5 Å². The average Bonchev–Trinajstić information content (AvgIpc) is 3.07. The molecule has 0 saturated carbocycles. The van der Waals surface area contributed by atoms with Crippen molar-refractivity contribution in [1.82, 2.24) is 9.55 Å². The molecular weight excluding hydrogens is 460 g/mol. The first-order valence-electron chi connectivity index (χ1n) is 12.2. The Kier molecular flexibility index (Phi) is 5.27. The molecule has 2 N–H and O–H groups in total. The number of nitrogens with zero attached hydrogens (tertiary/aromatic N) is 2. The molecular formula is C27H32N2O5Si. The van der Waals surface area contributed by atoms with Crippen LogP contribution in [0.1, 0.15) is 68.5 Å². The predicted octanol–water partition coefficient (Wildman–Crippen LogP) is 4.04. The van der Waals surface area contributed by atoms with E-state index in [0.29, 0.717) is 29.1 Å². The molecule has 2 aliphatic heterocycles. The maximum absolute atomic E-state index is 14.1. The van der Waals surface area contributed by atoms with Gasteiger partial charge in [-0.15, -0.1) is 0 Å². The van der Waals surface area contributed by atoms with Crippen LogP contribution in [-0.4, -0.2) is 34.5 Å². The van der Waals surface area contributed by atoms with Crippen LogP contribution in [0.25, 0.3) is 22.3 Å². The molecule has 2 unspecified atom stereocenters. The first-order valence-corrected chi connectivity index (χ1v) is 15.2. The van der Waals surface area contributed by atoms with Crippen molar-refractivity contribution in [1.29, 1.82) is 0 Å². The number of carbonyl (C=O) groups is 1. The Morgan fingerprint density at radius 1 is 1.23 bits per heavy atom. The minimum absolute atomic E-state index is 0.170. The lowest BCUT2D eigenvalue weighted by Crippen LogP contribution is -2.35. The van der Waals surface area contributed by atoms with Crippen LogP contribution >= 0.6 is 0 Å². The molecule has 2 aliphatic rings. The van der Waals surface area contributed by atoms with Crippen LogP contribution in [0.2, 0.25) is 13.1 Å². The van der Waals surface area contributed by atoms with E-state index in [-0.39, 0.29) is 29.6 Å². The summed E-state index contributed by atoms with van der Waals surface area (Å²) in [5.41, 5.74) is 2.42.